The van der Waals surface area contributed by atoms with Crippen molar-refractivity contribution in [2.24, 2.45) is 5.92 Å². The lowest BCUT2D eigenvalue weighted by Gasteiger charge is -2.33. The molecule has 2 aromatic rings. The van der Waals surface area contributed by atoms with Gasteiger partial charge in [0.2, 0.25) is 5.91 Å². The number of aryl methyl sites for hydroxylation is 3. The monoisotopic (exact) mass is 330 g/mol. The van der Waals surface area contributed by atoms with E-state index in [-0.39, 0.29) is 11.8 Å². The molecule has 6 nitrogen and oxygen atoms in total. The van der Waals surface area contributed by atoms with Crippen LogP contribution in [-0.2, 0) is 11.2 Å². The van der Waals surface area contributed by atoms with Gasteiger partial charge in [0.05, 0.1) is 11.4 Å². The summed E-state index contributed by atoms with van der Waals surface area (Å²) in [4.78, 5) is 14.9. The van der Waals surface area contributed by atoms with Crippen LogP contribution in [0.25, 0.3) is 0 Å². The van der Waals surface area contributed by atoms with E-state index in [2.05, 4.69) is 21.4 Å². The number of aromatic amines is 1. The van der Waals surface area contributed by atoms with Crippen molar-refractivity contribution in [1.82, 2.24) is 20.3 Å². The number of nitrogens with one attached hydrogen (secondary N) is 1. The molecular formula is C18H26N4O2. The highest BCUT2D eigenvalue weighted by atomic mass is 16.5. The van der Waals surface area contributed by atoms with Gasteiger partial charge in [0.15, 0.2) is 0 Å². The van der Waals surface area contributed by atoms with Crippen LogP contribution < -0.4 is 0 Å². The fourth-order valence-electron chi connectivity index (χ4n) is 3.57. The molecule has 0 aliphatic carbocycles. The largest absolute Gasteiger partial charge is 0.361 e. The quantitative estimate of drug-likeness (QED) is 0.935. The third kappa shape index (κ3) is 3.37. The minimum Gasteiger partial charge on any atom is -0.361 e. The second-order valence-corrected chi connectivity index (χ2v) is 7.01. The first-order valence-electron chi connectivity index (χ1n) is 8.68. The molecule has 6 heteroatoms. The second-order valence-electron chi connectivity index (χ2n) is 7.01. The van der Waals surface area contributed by atoms with Gasteiger partial charge in [0.1, 0.15) is 5.76 Å². The Bertz CT molecular complexity index is 699. The van der Waals surface area contributed by atoms with E-state index >= 15 is 0 Å². The standard InChI is InChI=1S/C18H26N4O2/c1-11(8-16-13(3)21-24-14(16)4)18(23)22-7-5-6-15(10-22)17-9-12(2)19-20-17/h9,11,15H,5-8,10H2,1-4H3,(H,19,20)/t11-,15-/m0/s1. The topological polar surface area (TPSA) is 75.0 Å². The third-order valence-corrected chi connectivity index (χ3v) is 4.99. The van der Waals surface area contributed by atoms with E-state index in [4.69, 9.17) is 4.52 Å². The zero-order valence-electron chi connectivity index (χ0n) is 14.9. The number of amides is 1. The number of hydrogen-bond donors (Lipinski definition) is 1. The minimum atomic E-state index is -0.0681. The van der Waals surface area contributed by atoms with Crippen LogP contribution in [0.5, 0.6) is 0 Å². The fourth-order valence-corrected chi connectivity index (χ4v) is 3.57. The molecule has 0 saturated carbocycles. The molecule has 1 fully saturated rings. The Balaban J connectivity index is 1.65. The van der Waals surface area contributed by atoms with E-state index < -0.39 is 0 Å². The van der Waals surface area contributed by atoms with Crippen molar-refractivity contribution >= 4 is 5.91 Å². The maximum atomic E-state index is 12.9. The van der Waals surface area contributed by atoms with Crippen LogP contribution >= 0.6 is 0 Å². The summed E-state index contributed by atoms with van der Waals surface area (Å²) in [6, 6.07) is 2.09. The first-order valence-corrected chi connectivity index (χ1v) is 8.68. The second kappa shape index (κ2) is 6.79. The SMILES string of the molecule is Cc1cc([C@H]2CCCN(C(=O)[C@@H](C)Cc3c(C)noc3C)C2)n[nH]1. The van der Waals surface area contributed by atoms with E-state index in [1.165, 1.54) is 0 Å². The maximum Gasteiger partial charge on any atom is 0.225 e. The van der Waals surface area contributed by atoms with E-state index in [9.17, 15) is 4.79 Å². The third-order valence-electron chi connectivity index (χ3n) is 4.99. The Morgan fingerprint density at radius 1 is 1.46 bits per heavy atom. The molecule has 1 N–H and O–H groups in total. The van der Waals surface area contributed by atoms with Gasteiger partial charge in [-0.2, -0.15) is 5.10 Å². The summed E-state index contributed by atoms with van der Waals surface area (Å²) in [5.41, 5.74) is 4.09. The highest BCUT2D eigenvalue weighted by molar-refractivity contribution is 5.79. The number of aromatic nitrogens is 3. The van der Waals surface area contributed by atoms with E-state index in [1.54, 1.807) is 0 Å². The van der Waals surface area contributed by atoms with Gasteiger partial charge in [-0.15, -0.1) is 0 Å². The molecule has 24 heavy (non-hydrogen) atoms. The molecule has 2 aromatic heterocycles. The molecule has 3 heterocycles. The number of rotatable bonds is 4. The molecule has 2 atom stereocenters. The van der Waals surface area contributed by atoms with Crippen molar-refractivity contribution in [3.05, 3.63) is 34.5 Å². The Labute approximate surface area is 142 Å². The van der Waals surface area contributed by atoms with Gasteiger partial charge in [0.25, 0.3) is 0 Å². The molecule has 0 unspecified atom stereocenters. The van der Waals surface area contributed by atoms with Gasteiger partial charge in [-0.3, -0.25) is 9.89 Å². The average molecular weight is 330 g/mol. The van der Waals surface area contributed by atoms with Crippen molar-refractivity contribution in [3.63, 3.8) is 0 Å². The molecule has 1 amide bonds. The molecule has 0 spiro atoms. The summed E-state index contributed by atoms with van der Waals surface area (Å²) in [6.07, 6.45) is 2.80. The number of hydrogen-bond acceptors (Lipinski definition) is 4. The number of nitrogens with zero attached hydrogens (tertiary/aromatic N) is 3. The summed E-state index contributed by atoms with van der Waals surface area (Å²) >= 11 is 0. The normalized spacial score (nSPS) is 19.5. The molecule has 1 aliphatic heterocycles. The van der Waals surface area contributed by atoms with Crippen molar-refractivity contribution < 1.29 is 9.32 Å². The average Bonchev–Trinajstić information content (AvgIpc) is 3.15. The van der Waals surface area contributed by atoms with Crippen LogP contribution in [0.4, 0.5) is 0 Å². The van der Waals surface area contributed by atoms with Crippen LogP contribution in [0.1, 0.15) is 54.1 Å². The first kappa shape index (κ1) is 16.7. The highest BCUT2D eigenvalue weighted by Crippen LogP contribution is 2.27. The van der Waals surface area contributed by atoms with Gasteiger partial charge < -0.3 is 9.42 Å². The molecule has 0 radical (unpaired) electrons. The van der Waals surface area contributed by atoms with E-state index in [0.29, 0.717) is 12.3 Å². The zero-order valence-corrected chi connectivity index (χ0v) is 14.9. The molecule has 1 aliphatic rings. The first-order chi connectivity index (χ1) is 11.5. The van der Waals surface area contributed by atoms with Gasteiger partial charge >= 0.3 is 0 Å². The summed E-state index contributed by atoms with van der Waals surface area (Å²) in [5, 5.41) is 11.4. The van der Waals surface area contributed by atoms with Crippen molar-refractivity contribution in [2.75, 3.05) is 13.1 Å². The lowest BCUT2D eigenvalue weighted by Crippen LogP contribution is -2.42. The summed E-state index contributed by atoms with van der Waals surface area (Å²) in [6.45, 7) is 9.44. The zero-order chi connectivity index (χ0) is 17.3. The Hall–Kier alpha value is -2.11. The Kier molecular flexibility index (Phi) is 4.73. The van der Waals surface area contributed by atoms with Crippen LogP contribution in [0.15, 0.2) is 10.6 Å². The molecule has 3 rings (SSSR count). The van der Waals surface area contributed by atoms with Gasteiger partial charge in [-0.25, -0.2) is 0 Å². The lowest BCUT2D eigenvalue weighted by atomic mass is 9.92. The van der Waals surface area contributed by atoms with Crippen molar-refractivity contribution in [1.29, 1.82) is 0 Å². The number of H-pyrrole nitrogens is 1. The number of carbonyl (C=O) groups is 1. The van der Waals surface area contributed by atoms with E-state index in [0.717, 1.165) is 54.3 Å². The Morgan fingerprint density at radius 2 is 2.25 bits per heavy atom. The number of piperidine rings is 1. The molecular weight excluding hydrogens is 304 g/mol. The van der Waals surface area contributed by atoms with Crippen LogP contribution in [0.3, 0.4) is 0 Å². The summed E-state index contributed by atoms with van der Waals surface area (Å²) in [5.74, 6) is 1.29. The molecule has 130 valence electrons. The number of carbonyl (C=O) groups excluding carboxylic acids is 1. The smallest absolute Gasteiger partial charge is 0.225 e. The predicted molar refractivity (Wildman–Crippen MR) is 90.7 cm³/mol. The van der Waals surface area contributed by atoms with Crippen molar-refractivity contribution in [2.45, 2.75) is 52.9 Å². The van der Waals surface area contributed by atoms with Crippen LogP contribution in [-0.4, -0.2) is 39.3 Å². The van der Waals surface area contributed by atoms with Gasteiger partial charge in [-0.1, -0.05) is 12.1 Å². The summed E-state index contributed by atoms with van der Waals surface area (Å²) in [7, 11) is 0. The van der Waals surface area contributed by atoms with Gasteiger partial charge in [0, 0.05) is 36.2 Å². The molecule has 0 bridgehead atoms. The van der Waals surface area contributed by atoms with Gasteiger partial charge in [-0.05, 0) is 46.1 Å². The lowest BCUT2D eigenvalue weighted by molar-refractivity contribution is -0.136. The van der Waals surface area contributed by atoms with Crippen LogP contribution in [0.2, 0.25) is 0 Å². The number of likely N-dealkylation sites (tertiary alicyclic amines) is 1. The minimum absolute atomic E-state index is 0.0681. The highest BCUT2D eigenvalue weighted by Gasteiger charge is 2.29. The molecule has 0 aromatic carbocycles. The van der Waals surface area contributed by atoms with Crippen LogP contribution in [0, 0.1) is 26.7 Å². The maximum absolute atomic E-state index is 12.9. The molecule has 1 saturated heterocycles. The van der Waals surface area contributed by atoms with E-state index in [1.807, 2.05) is 32.6 Å². The van der Waals surface area contributed by atoms with Crippen molar-refractivity contribution in [3.8, 4) is 0 Å². The predicted octanol–water partition coefficient (Wildman–Crippen LogP) is 2.91. The Morgan fingerprint density at radius 3 is 2.88 bits per heavy atom. The summed E-state index contributed by atoms with van der Waals surface area (Å²) < 4.78 is 5.21. The fraction of sp³-hybridized carbons (Fsp3) is 0.611.